The van der Waals surface area contributed by atoms with Gasteiger partial charge >= 0.3 is 0 Å². The van der Waals surface area contributed by atoms with Crippen LogP contribution in [0.3, 0.4) is 0 Å². The van der Waals surface area contributed by atoms with Gasteiger partial charge in [0.15, 0.2) is 0 Å². The Hall–Kier alpha value is -1.43. The summed E-state index contributed by atoms with van der Waals surface area (Å²) in [6, 6.07) is 0. The van der Waals surface area contributed by atoms with Crippen LogP contribution in [-0.2, 0) is 4.74 Å². The van der Waals surface area contributed by atoms with E-state index >= 15 is 0 Å². The first-order valence-corrected chi connectivity index (χ1v) is 4.74. The van der Waals surface area contributed by atoms with Gasteiger partial charge in [0, 0.05) is 13.5 Å². The average Bonchev–Trinajstić information content (AvgIpc) is 2.74. The van der Waals surface area contributed by atoms with Crippen molar-refractivity contribution in [2.45, 2.75) is 12.5 Å². The van der Waals surface area contributed by atoms with Crippen LogP contribution in [0.2, 0.25) is 0 Å². The molecule has 0 saturated carbocycles. The highest BCUT2D eigenvalue weighted by molar-refractivity contribution is 5.27. The highest BCUT2D eigenvalue weighted by Gasteiger charge is 2.20. The Kier molecular flexibility index (Phi) is 2.96. The van der Waals surface area contributed by atoms with E-state index in [-0.39, 0.29) is 12.0 Å². The fourth-order valence-electron chi connectivity index (χ4n) is 1.32. The van der Waals surface area contributed by atoms with E-state index in [1.807, 2.05) is 0 Å². The lowest BCUT2D eigenvalue weighted by Gasteiger charge is -2.11. The van der Waals surface area contributed by atoms with Gasteiger partial charge in [0.25, 0.3) is 5.88 Å². The van der Waals surface area contributed by atoms with E-state index in [0.29, 0.717) is 19.2 Å². The number of nitrogens with zero attached hydrogens (tertiary/aromatic N) is 2. The van der Waals surface area contributed by atoms with Gasteiger partial charge in [0.1, 0.15) is 6.10 Å². The number of ether oxygens (including phenoxy) is 2. The maximum atomic E-state index is 13.2. The molecule has 1 aromatic heterocycles. The van der Waals surface area contributed by atoms with Crippen LogP contribution in [-0.4, -0.2) is 36.3 Å². The molecule has 1 aliphatic heterocycles. The lowest BCUT2D eigenvalue weighted by atomic mass is 10.3. The van der Waals surface area contributed by atoms with Crippen molar-refractivity contribution in [2.75, 3.05) is 25.6 Å². The van der Waals surface area contributed by atoms with E-state index in [2.05, 4.69) is 15.3 Å². The number of hydrogen-bond acceptors (Lipinski definition) is 5. The highest BCUT2D eigenvalue weighted by Crippen LogP contribution is 2.18. The zero-order chi connectivity index (χ0) is 10.7. The minimum atomic E-state index is -0.555. The molecule has 1 saturated heterocycles. The van der Waals surface area contributed by atoms with Gasteiger partial charge in [-0.05, 0) is 0 Å². The first-order valence-electron chi connectivity index (χ1n) is 4.74. The maximum Gasteiger partial charge on any atom is 0.255 e. The smallest absolute Gasteiger partial charge is 0.255 e. The topological polar surface area (TPSA) is 56.3 Å². The van der Waals surface area contributed by atoms with Crippen LogP contribution in [0, 0.1) is 5.82 Å². The molecule has 0 aromatic carbocycles. The minimum Gasteiger partial charge on any atom is -0.470 e. The Morgan fingerprint density at radius 2 is 2.53 bits per heavy atom. The predicted octanol–water partition coefficient (Wildman–Crippen LogP) is 0.825. The Morgan fingerprint density at radius 3 is 3.20 bits per heavy atom. The Bertz CT molecular complexity index is 342. The summed E-state index contributed by atoms with van der Waals surface area (Å²) < 4.78 is 23.7. The summed E-state index contributed by atoms with van der Waals surface area (Å²) in [5.74, 6) is -0.240. The highest BCUT2D eigenvalue weighted by atomic mass is 19.1. The second kappa shape index (κ2) is 4.39. The molecule has 6 heteroatoms. The Morgan fingerprint density at radius 1 is 1.67 bits per heavy atom. The lowest BCUT2D eigenvalue weighted by molar-refractivity contribution is 0.134. The number of hydrogen-bond donors (Lipinski definition) is 1. The van der Waals surface area contributed by atoms with Gasteiger partial charge < -0.3 is 14.8 Å². The summed E-state index contributed by atoms with van der Waals surface area (Å²) in [5.41, 5.74) is 0. The van der Waals surface area contributed by atoms with Crippen molar-refractivity contribution >= 4 is 5.95 Å². The van der Waals surface area contributed by atoms with E-state index in [1.54, 1.807) is 7.05 Å². The molecule has 0 bridgehead atoms. The molecule has 0 spiro atoms. The van der Waals surface area contributed by atoms with Crippen molar-refractivity contribution < 1.29 is 13.9 Å². The molecule has 15 heavy (non-hydrogen) atoms. The standard InChI is InChI=1S/C9H12FN3O2/c1-11-9-12-4-7(10)8(13-9)15-6-2-3-14-5-6/h4,6H,2-3,5H2,1H3,(H,11,12,13). The zero-order valence-electron chi connectivity index (χ0n) is 8.36. The van der Waals surface area contributed by atoms with Gasteiger partial charge in [-0.2, -0.15) is 9.37 Å². The molecule has 1 N–H and O–H groups in total. The molecule has 1 aromatic rings. The second-order valence-corrected chi connectivity index (χ2v) is 3.20. The molecule has 1 unspecified atom stereocenters. The van der Waals surface area contributed by atoms with E-state index in [9.17, 15) is 4.39 Å². The SMILES string of the molecule is CNc1ncc(F)c(OC2CCOC2)n1. The fourth-order valence-corrected chi connectivity index (χ4v) is 1.32. The monoisotopic (exact) mass is 213 g/mol. The summed E-state index contributed by atoms with van der Waals surface area (Å²) in [6.45, 7) is 1.13. The predicted molar refractivity (Wildman–Crippen MR) is 51.4 cm³/mol. The number of rotatable bonds is 3. The fraction of sp³-hybridized carbons (Fsp3) is 0.556. The van der Waals surface area contributed by atoms with Gasteiger partial charge in [-0.25, -0.2) is 4.98 Å². The number of nitrogens with one attached hydrogen (secondary N) is 1. The molecule has 0 radical (unpaired) electrons. The molecule has 5 nitrogen and oxygen atoms in total. The van der Waals surface area contributed by atoms with Gasteiger partial charge in [0.05, 0.1) is 19.4 Å². The molecule has 2 heterocycles. The van der Waals surface area contributed by atoms with Gasteiger partial charge in [0.2, 0.25) is 11.8 Å². The van der Waals surface area contributed by atoms with Crippen molar-refractivity contribution in [2.24, 2.45) is 0 Å². The largest absolute Gasteiger partial charge is 0.470 e. The molecule has 2 rings (SSSR count). The molecule has 0 aliphatic carbocycles. The van der Waals surface area contributed by atoms with Crippen molar-refractivity contribution in [3.63, 3.8) is 0 Å². The van der Waals surface area contributed by atoms with Crippen LogP contribution in [0.25, 0.3) is 0 Å². The van der Waals surface area contributed by atoms with Crippen molar-refractivity contribution in [3.8, 4) is 5.88 Å². The van der Waals surface area contributed by atoms with Gasteiger partial charge in [-0.1, -0.05) is 0 Å². The minimum absolute atomic E-state index is 0.0233. The third kappa shape index (κ3) is 2.33. The molecule has 0 amide bonds. The molecular formula is C9H12FN3O2. The van der Waals surface area contributed by atoms with Crippen LogP contribution in [0.4, 0.5) is 10.3 Å². The third-order valence-corrected chi connectivity index (χ3v) is 2.10. The molecule has 82 valence electrons. The summed E-state index contributed by atoms with van der Waals surface area (Å²) in [7, 11) is 1.66. The van der Waals surface area contributed by atoms with E-state index in [4.69, 9.17) is 9.47 Å². The van der Waals surface area contributed by atoms with Gasteiger partial charge in [-0.15, -0.1) is 0 Å². The van der Waals surface area contributed by atoms with E-state index in [1.165, 1.54) is 0 Å². The number of aromatic nitrogens is 2. The molecule has 1 fully saturated rings. The number of halogens is 1. The number of anilines is 1. The average molecular weight is 213 g/mol. The van der Waals surface area contributed by atoms with Crippen molar-refractivity contribution in [1.29, 1.82) is 0 Å². The molecule has 1 atom stereocenters. The van der Waals surface area contributed by atoms with Crippen LogP contribution in [0.1, 0.15) is 6.42 Å². The van der Waals surface area contributed by atoms with Crippen molar-refractivity contribution in [1.82, 2.24) is 9.97 Å². The summed E-state index contributed by atoms with van der Waals surface area (Å²) in [6.07, 6.45) is 1.74. The maximum absolute atomic E-state index is 13.2. The zero-order valence-corrected chi connectivity index (χ0v) is 8.36. The van der Waals surface area contributed by atoms with Crippen LogP contribution in [0.5, 0.6) is 5.88 Å². The third-order valence-electron chi connectivity index (χ3n) is 2.10. The quantitative estimate of drug-likeness (QED) is 0.805. The first kappa shape index (κ1) is 10.1. The first-order chi connectivity index (χ1) is 7.29. The summed E-state index contributed by atoms with van der Waals surface area (Å²) in [4.78, 5) is 7.60. The van der Waals surface area contributed by atoms with E-state index in [0.717, 1.165) is 12.6 Å². The van der Waals surface area contributed by atoms with Crippen LogP contribution in [0.15, 0.2) is 6.20 Å². The van der Waals surface area contributed by atoms with Gasteiger partial charge in [-0.3, -0.25) is 0 Å². The van der Waals surface area contributed by atoms with Crippen LogP contribution < -0.4 is 10.1 Å². The van der Waals surface area contributed by atoms with E-state index < -0.39 is 5.82 Å². The van der Waals surface area contributed by atoms with Crippen LogP contribution >= 0.6 is 0 Å². The second-order valence-electron chi connectivity index (χ2n) is 3.20. The molecule has 1 aliphatic rings. The Balaban J connectivity index is 2.11. The Labute approximate surface area is 86.6 Å². The lowest BCUT2D eigenvalue weighted by Crippen LogP contribution is -2.17. The summed E-state index contributed by atoms with van der Waals surface area (Å²) in [5, 5.41) is 2.72. The summed E-state index contributed by atoms with van der Waals surface area (Å²) >= 11 is 0. The normalized spacial score (nSPS) is 20.3. The van der Waals surface area contributed by atoms with Crippen molar-refractivity contribution in [3.05, 3.63) is 12.0 Å². The molecular weight excluding hydrogens is 201 g/mol.